The predicted molar refractivity (Wildman–Crippen MR) is 72.1 cm³/mol. The molecule has 1 atom stereocenters. The van der Waals surface area contributed by atoms with Gasteiger partial charge in [0.2, 0.25) is 11.0 Å². The minimum absolute atomic E-state index is 0.0171. The second-order valence-corrected chi connectivity index (χ2v) is 5.98. The van der Waals surface area contributed by atoms with Gasteiger partial charge in [-0.1, -0.05) is 11.3 Å². The van der Waals surface area contributed by atoms with Crippen LogP contribution < -0.4 is 5.32 Å². The van der Waals surface area contributed by atoms with E-state index in [1.807, 2.05) is 13.8 Å². The summed E-state index contributed by atoms with van der Waals surface area (Å²) in [5, 5.41) is 12.1. The topological polar surface area (TPSA) is 83.6 Å². The fourth-order valence-corrected chi connectivity index (χ4v) is 3.00. The van der Waals surface area contributed by atoms with Crippen molar-refractivity contribution in [1.29, 1.82) is 0 Å². The van der Waals surface area contributed by atoms with Crippen LogP contribution in [0.25, 0.3) is 0 Å². The number of aryl methyl sites for hydroxylation is 3. The Labute approximate surface area is 114 Å². The summed E-state index contributed by atoms with van der Waals surface area (Å²) in [7, 11) is 0. The summed E-state index contributed by atoms with van der Waals surface area (Å²) in [6.07, 6.45) is 2.41. The van der Waals surface area contributed by atoms with Gasteiger partial charge in [-0.15, -0.1) is 10.2 Å². The van der Waals surface area contributed by atoms with Gasteiger partial charge in [0.05, 0.1) is 5.69 Å². The fraction of sp³-hybridized carbons (Fsp3) is 0.500. The first-order chi connectivity index (χ1) is 9.11. The Bertz CT molecular complexity index is 617. The van der Waals surface area contributed by atoms with E-state index in [-0.39, 0.29) is 11.8 Å². The predicted octanol–water partition coefficient (Wildman–Crippen LogP) is 1.62. The molecule has 2 heterocycles. The minimum Gasteiger partial charge on any atom is -0.346 e. The van der Waals surface area contributed by atoms with E-state index in [1.165, 1.54) is 11.3 Å². The van der Waals surface area contributed by atoms with Gasteiger partial charge in [0.25, 0.3) is 0 Å². The number of hydrogen-bond donors (Lipinski definition) is 2. The summed E-state index contributed by atoms with van der Waals surface area (Å²) in [6.45, 7) is 3.81. The SMILES string of the molecule is Cc1nc2c([nH]1)C[C@H](C(=O)Nc1nnc(C)s1)CC2. The van der Waals surface area contributed by atoms with Crippen molar-refractivity contribution >= 4 is 22.4 Å². The number of aromatic nitrogens is 4. The van der Waals surface area contributed by atoms with Crippen LogP contribution in [0.1, 0.15) is 28.6 Å². The first-order valence-corrected chi connectivity index (χ1v) is 7.09. The van der Waals surface area contributed by atoms with E-state index in [0.29, 0.717) is 5.13 Å². The van der Waals surface area contributed by atoms with E-state index >= 15 is 0 Å². The first kappa shape index (κ1) is 12.3. The van der Waals surface area contributed by atoms with Crippen molar-refractivity contribution in [2.75, 3.05) is 5.32 Å². The van der Waals surface area contributed by atoms with E-state index in [4.69, 9.17) is 0 Å². The third-order valence-corrected chi connectivity index (χ3v) is 4.04. The number of hydrogen-bond acceptors (Lipinski definition) is 5. The molecule has 0 bridgehead atoms. The van der Waals surface area contributed by atoms with Crippen LogP contribution in [0.3, 0.4) is 0 Å². The lowest BCUT2D eigenvalue weighted by Crippen LogP contribution is -2.28. The molecule has 0 aromatic carbocycles. The molecule has 2 aromatic rings. The van der Waals surface area contributed by atoms with Gasteiger partial charge in [-0.2, -0.15) is 0 Å². The van der Waals surface area contributed by atoms with Crippen LogP contribution in [0.4, 0.5) is 5.13 Å². The Morgan fingerprint density at radius 3 is 3.00 bits per heavy atom. The number of nitrogens with zero attached hydrogens (tertiary/aromatic N) is 3. The van der Waals surface area contributed by atoms with Crippen LogP contribution in [-0.4, -0.2) is 26.1 Å². The van der Waals surface area contributed by atoms with E-state index in [1.54, 1.807) is 0 Å². The number of H-pyrrole nitrogens is 1. The molecule has 1 aliphatic rings. The monoisotopic (exact) mass is 277 g/mol. The van der Waals surface area contributed by atoms with Crippen LogP contribution in [0.2, 0.25) is 0 Å². The first-order valence-electron chi connectivity index (χ1n) is 6.27. The number of amides is 1. The maximum absolute atomic E-state index is 12.2. The number of carbonyl (C=O) groups is 1. The fourth-order valence-electron chi connectivity index (χ4n) is 2.40. The van der Waals surface area contributed by atoms with Gasteiger partial charge in [0.1, 0.15) is 10.8 Å². The molecule has 1 aliphatic carbocycles. The molecule has 0 unspecified atom stereocenters. The number of imidazole rings is 1. The van der Waals surface area contributed by atoms with Crippen LogP contribution in [0.15, 0.2) is 0 Å². The number of fused-ring (bicyclic) bond motifs is 1. The van der Waals surface area contributed by atoms with E-state index in [9.17, 15) is 4.79 Å². The Hall–Kier alpha value is -1.76. The molecule has 0 fully saturated rings. The molecule has 0 saturated heterocycles. The number of nitrogens with one attached hydrogen (secondary N) is 2. The number of aromatic amines is 1. The lowest BCUT2D eigenvalue weighted by Gasteiger charge is -2.19. The highest BCUT2D eigenvalue weighted by Gasteiger charge is 2.27. The molecule has 0 aliphatic heterocycles. The standard InChI is InChI=1S/C12H15N5OS/c1-6-13-9-4-3-8(5-10(9)14-6)11(18)15-12-17-16-7(2)19-12/h8H,3-5H2,1-2H3,(H,13,14)(H,15,17,18)/t8-/m1/s1. The van der Waals surface area contributed by atoms with E-state index in [2.05, 4.69) is 25.5 Å². The zero-order chi connectivity index (χ0) is 13.4. The molecule has 3 rings (SSSR count). The third-order valence-electron chi connectivity index (χ3n) is 3.29. The molecule has 19 heavy (non-hydrogen) atoms. The second kappa shape index (κ2) is 4.73. The third kappa shape index (κ3) is 2.51. The number of carbonyl (C=O) groups excluding carboxylic acids is 1. The van der Waals surface area contributed by atoms with Crippen LogP contribution >= 0.6 is 11.3 Å². The molecule has 2 N–H and O–H groups in total. The lowest BCUT2D eigenvalue weighted by atomic mass is 9.89. The molecular formula is C12H15N5OS. The molecule has 7 heteroatoms. The van der Waals surface area contributed by atoms with Gasteiger partial charge in [0.15, 0.2) is 0 Å². The summed E-state index contributed by atoms with van der Waals surface area (Å²) in [5.41, 5.74) is 2.20. The Kier molecular flexibility index (Phi) is 3.06. The van der Waals surface area contributed by atoms with Gasteiger partial charge < -0.3 is 10.3 Å². The molecule has 0 saturated carbocycles. The normalized spacial score (nSPS) is 18.1. The lowest BCUT2D eigenvalue weighted by molar-refractivity contribution is -0.120. The molecule has 1 amide bonds. The zero-order valence-corrected chi connectivity index (χ0v) is 11.7. The minimum atomic E-state index is -0.0171. The molecular weight excluding hydrogens is 262 g/mol. The summed E-state index contributed by atoms with van der Waals surface area (Å²) in [6, 6.07) is 0. The van der Waals surface area contributed by atoms with Crippen molar-refractivity contribution in [3.63, 3.8) is 0 Å². The molecule has 0 radical (unpaired) electrons. The van der Waals surface area contributed by atoms with Crippen molar-refractivity contribution in [3.05, 3.63) is 22.2 Å². The summed E-state index contributed by atoms with van der Waals surface area (Å²) in [5.74, 6) is 0.927. The Balaban J connectivity index is 1.69. The van der Waals surface area contributed by atoms with Gasteiger partial charge in [-0.05, 0) is 26.7 Å². The van der Waals surface area contributed by atoms with Gasteiger partial charge in [0, 0.05) is 18.0 Å². The van der Waals surface area contributed by atoms with Crippen molar-refractivity contribution in [3.8, 4) is 0 Å². The maximum Gasteiger partial charge on any atom is 0.229 e. The van der Waals surface area contributed by atoms with Crippen molar-refractivity contribution in [1.82, 2.24) is 20.2 Å². The average Bonchev–Trinajstić information content (AvgIpc) is 2.93. The molecule has 6 nitrogen and oxygen atoms in total. The van der Waals surface area contributed by atoms with Gasteiger partial charge >= 0.3 is 0 Å². The summed E-state index contributed by atoms with van der Waals surface area (Å²) >= 11 is 1.40. The maximum atomic E-state index is 12.2. The summed E-state index contributed by atoms with van der Waals surface area (Å²) < 4.78 is 0. The van der Waals surface area contributed by atoms with Crippen molar-refractivity contribution < 1.29 is 4.79 Å². The van der Waals surface area contributed by atoms with Gasteiger partial charge in [-0.25, -0.2) is 4.98 Å². The van der Waals surface area contributed by atoms with Crippen LogP contribution in [0.5, 0.6) is 0 Å². The average molecular weight is 277 g/mol. The van der Waals surface area contributed by atoms with E-state index in [0.717, 1.165) is 41.5 Å². The number of anilines is 1. The molecule has 2 aromatic heterocycles. The molecule has 100 valence electrons. The van der Waals surface area contributed by atoms with Crippen LogP contribution in [0, 0.1) is 19.8 Å². The number of rotatable bonds is 2. The highest BCUT2D eigenvalue weighted by atomic mass is 32.1. The van der Waals surface area contributed by atoms with Gasteiger partial charge in [-0.3, -0.25) is 4.79 Å². The van der Waals surface area contributed by atoms with Crippen molar-refractivity contribution in [2.45, 2.75) is 33.1 Å². The second-order valence-electron chi connectivity index (χ2n) is 4.80. The van der Waals surface area contributed by atoms with Crippen molar-refractivity contribution in [2.24, 2.45) is 5.92 Å². The van der Waals surface area contributed by atoms with E-state index < -0.39 is 0 Å². The summed E-state index contributed by atoms with van der Waals surface area (Å²) in [4.78, 5) is 19.8. The zero-order valence-electron chi connectivity index (χ0n) is 10.9. The quantitative estimate of drug-likeness (QED) is 0.873. The largest absolute Gasteiger partial charge is 0.346 e. The highest BCUT2D eigenvalue weighted by molar-refractivity contribution is 7.15. The highest BCUT2D eigenvalue weighted by Crippen LogP contribution is 2.25. The Morgan fingerprint density at radius 2 is 2.26 bits per heavy atom. The smallest absolute Gasteiger partial charge is 0.229 e. The Morgan fingerprint density at radius 1 is 1.42 bits per heavy atom. The van der Waals surface area contributed by atoms with Crippen LogP contribution in [-0.2, 0) is 17.6 Å². The molecule has 0 spiro atoms.